The third-order valence-electron chi connectivity index (χ3n) is 3.96. The van der Waals surface area contributed by atoms with Crippen LogP contribution in [0.3, 0.4) is 0 Å². The summed E-state index contributed by atoms with van der Waals surface area (Å²) in [5.41, 5.74) is 4.51. The summed E-state index contributed by atoms with van der Waals surface area (Å²) in [5, 5.41) is 0.530. The molecular weight excluding hydrogens is 324 g/mol. The molecule has 0 aliphatic carbocycles. The van der Waals surface area contributed by atoms with Gasteiger partial charge >= 0.3 is 0 Å². The lowest BCUT2D eigenvalue weighted by Crippen LogP contribution is -1.90. The van der Waals surface area contributed by atoms with Crippen LogP contribution in [0, 0.1) is 6.92 Å². The van der Waals surface area contributed by atoms with Gasteiger partial charge in [0.2, 0.25) is 5.89 Å². The van der Waals surface area contributed by atoms with E-state index >= 15 is 0 Å². The number of nitrogens with zero attached hydrogens (tertiary/aromatic N) is 2. The molecule has 0 saturated heterocycles. The number of fused-ring (bicyclic) bond motifs is 1. The fraction of sp³-hybridized carbons (Fsp3) is 0.105. The summed E-state index contributed by atoms with van der Waals surface area (Å²) in [6, 6.07) is 13.6. The Kier molecular flexibility index (Phi) is 3.54. The van der Waals surface area contributed by atoms with Crippen LogP contribution in [0.5, 0.6) is 5.75 Å². The molecule has 24 heavy (non-hydrogen) atoms. The van der Waals surface area contributed by atoms with Crippen LogP contribution in [-0.2, 0) is 0 Å². The Morgan fingerprint density at radius 1 is 1.12 bits per heavy atom. The maximum atomic E-state index is 6.20. The van der Waals surface area contributed by atoms with E-state index in [9.17, 15) is 0 Å². The van der Waals surface area contributed by atoms with Gasteiger partial charge in [0, 0.05) is 23.6 Å². The lowest BCUT2D eigenvalue weighted by atomic mass is 10.2. The maximum Gasteiger partial charge on any atom is 0.227 e. The zero-order valence-electron chi connectivity index (χ0n) is 13.3. The van der Waals surface area contributed by atoms with Crippen LogP contribution in [0.1, 0.15) is 5.56 Å². The smallest absolute Gasteiger partial charge is 0.227 e. The van der Waals surface area contributed by atoms with Crippen molar-refractivity contribution in [3.63, 3.8) is 0 Å². The fourth-order valence-electron chi connectivity index (χ4n) is 2.76. The van der Waals surface area contributed by atoms with Crippen LogP contribution in [0.15, 0.2) is 59.3 Å². The molecule has 2 aromatic carbocycles. The minimum absolute atomic E-state index is 0.530. The van der Waals surface area contributed by atoms with Crippen LogP contribution in [0.4, 0.5) is 0 Å². The predicted octanol–water partition coefficient (Wildman–Crippen LogP) is 5.26. The number of aromatic nitrogens is 2. The van der Waals surface area contributed by atoms with Gasteiger partial charge in [-0.25, -0.2) is 4.98 Å². The average molecular weight is 339 g/mol. The highest BCUT2D eigenvalue weighted by Crippen LogP contribution is 2.32. The molecule has 0 bridgehead atoms. The van der Waals surface area contributed by atoms with Crippen molar-refractivity contribution < 1.29 is 9.15 Å². The highest BCUT2D eigenvalue weighted by molar-refractivity contribution is 6.32. The SMILES string of the molecule is COc1ccc(-c2nc3cc(-n4cccc4)cc(C)c3o2)cc1Cl. The molecule has 0 unspecified atom stereocenters. The molecule has 0 aliphatic heterocycles. The van der Waals surface area contributed by atoms with Gasteiger partial charge in [0.15, 0.2) is 5.58 Å². The Morgan fingerprint density at radius 2 is 1.92 bits per heavy atom. The lowest BCUT2D eigenvalue weighted by Gasteiger charge is -2.03. The Labute approximate surface area is 144 Å². The summed E-state index contributed by atoms with van der Waals surface area (Å²) in [5.74, 6) is 1.17. The topological polar surface area (TPSA) is 40.2 Å². The number of hydrogen-bond donors (Lipinski definition) is 0. The summed E-state index contributed by atoms with van der Waals surface area (Å²) < 4.78 is 13.2. The van der Waals surface area contributed by atoms with Crippen molar-refractivity contribution >= 4 is 22.7 Å². The molecule has 0 aliphatic rings. The standard InChI is InChI=1S/C19H15ClN2O2/c1-12-9-14(22-7-3-4-8-22)11-16-18(12)24-19(21-16)13-5-6-17(23-2)15(20)10-13/h3-11H,1-2H3. The first-order chi connectivity index (χ1) is 11.7. The van der Waals surface area contributed by atoms with E-state index < -0.39 is 0 Å². The largest absolute Gasteiger partial charge is 0.495 e. The third-order valence-corrected chi connectivity index (χ3v) is 4.26. The number of aryl methyl sites for hydroxylation is 1. The van der Waals surface area contributed by atoms with Crippen molar-refractivity contribution in [1.82, 2.24) is 9.55 Å². The minimum Gasteiger partial charge on any atom is -0.495 e. The summed E-state index contributed by atoms with van der Waals surface area (Å²) in [4.78, 5) is 4.63. The Hall–Kier alpha value is -2.72. The van der Waals surface area contributed by atoms with Gasteiger partial charge in [0.1, 0.15) is 11.3 Å². The van der Waals surface area contributed by atoms with Crippen molar-refractivity contribution in [3.05, 3.63) is 65.4 Å². The van der Waals surface area contributed by atoms with Gasteiger partial charge in [-0.05, 0) is 55.0 Å². The number of rotatable bonds is 3. The summed E-state index contributed by atoms with van der Waals surface area (Å²) >= 11 is 6.20. The van der Waals surface area contributed by atoms with E-state index in [1.165, 1.54) is 0 Å². The van der Waals surface area contributed by atoms with E-state index in [4.69, 9.17) is 20.8 Å². The zero-order valence-corrected chi connectivity index (χ0v) is 14.0. The quantitative estimate of drug-likeness (QED) is 0.512. The van der Waals surface area contributed by atoms with E-state index in [-0.39, 0.29) is 0 Å². The van der Waals surface area contributed by atoms with Crippen molar-refractivity contribution in [3.8, 4) is 22.9 Å². The maximum absolute atomic E-state index is 6.20. The minimum atomic E-state index is 0.530. The Balaban J connectivity index is 1.83. The second-order valence-corrected chi connectivity index (χ2v) is 5.98. The second-order valence-electron chi connectivity index (χ2n) is 5.57. The van der Waals surface area contributed by atoms with Crippen molar-refractivity contribution in [2.24, 2.45) is 0 Å². The second kappa shape index (κ2) is 5.73. The van der Waals surface area contributed by atoms with Crippen molar-refractivity contribution in [2.45, 2.75) is 6.92 Å². The Morgan fingerprint density at radius 3 is 2.62 bits per heavy atom. The fourth-order valence-corrected chi connectivity index (χ4v) is 3.02. The van der Waals surface area contributed by atoms with Crippen LogP contribution in [0.25, 0.3) is 28.2 Å². The molecule has 5 heteroatoms. The lowest BCUT2D eigenvalue weighted by molar-refractivity contribution is 0.415. The molecular formula is C19H15ClN2O2. The zero-order chi connectivity index (χ0) is 16.7. The van der Waals surface area contributed by atoms with Crippen LogP contribution < -0.4 is 4.74 Å². The van der Waals surface area contributed by atoms with E-state index in [1.54, 1.807) is 13.2 Å². The van der Waals surface area contributed by atoms with Gasteiger partial charge in [0.25, 0.3) is 0 Å². The van der Waals surface area contributed by atoms with E-state index in [1.807, 2.05) is 54.2 Å². The van der Waals surface area contributed by atoms with Gasteiger partial charge in [-0.2, -0.15) is 0 Å². The number of oxazole rings is 1. The molecule has 4 aromatic rings. The highest BCUT2D eigenvalue weighted by atomic mass is 35.5. The van der Waals surface area contributed by atoms with Crippen LogP contribution in [0.2, 0.25) is 5.02 Å². The normalized spacial score (nSPS) is 11.1. The van der Waals surface area contributed by atoms with E-state index in [0.29, 0.717) is 16.7 Å². The molecule has 4 nitrogen and oxygen atoms in total. The van der Waals surface area contributed by atoms with Crippen molar-refractivity contribution in [1.29, 1.82) is 0 Å². The van der Waals surface area contributed by atoms with Gasteiger partial charge in [-0.3, -0.25) is 0 Å². The van der Waals surface area contributed by atoms with Gasteiger partial charge < -0.3 is 13.7 Å². The Bertz CT molecular complexity index is 1020. The first kappa shape index (κ1) is 14.8. The molecule has 2 heterocycles. The van der Waals surface area contributed by atoms with Gasteiger partial charge in [-0.1, -0.05) is 11.6 Å². The monoisotopic (exact) mass is 338 g/mol. The van der Waals surface area contributed by atoms with Crippen LogP contribution >= 0.6 is 11.6 Å². The summed E-state index contributed by atoms with van der Waals surface area (Å²) in [7, 11) is 1.59. The molecule has 2 aromatic heterocycles. The van der Waals surface area contributed by atoms with E-state index in [0.717, 1.165) is 27.9 Å². The summed E-state index contributed by atoms with van der Waals surface area (Å²) in [6.07, 6.45) is 4.01. The van der Waals surface area contributed by atoms with E-state index in [2.05, 4.69) is 11.1 Å². The number of methoxy groups -OCH3 is 1. The average Bonchev–Trinajstić information content (AvgIpc) is 3.24. The molecule has 0 N–H and O–H groups in total. The molecule has 0 spiro atoms. The number of halogens is 1. The number of benzene rings is 2. The molecule has 0 atom stereocenters. The molecule has 4 rings (SSSR count). The number of ether oxygens (including phenoxy) is 1. The van der Waals surface area contributed by atoms with Gasteiger partial charge in [0.05, 0.1) is 12.1 Å². The van der Waals surface area contributed by atoms with Crippen LogP contribution in [-0.4, -0.2) is 16.7 Å². The molecule has 0 radical (unpaired) electrons. The third kappa shape index (κ3) is 2.45. The molecule has 0 fully saturated rings. The first-order valence-electron chi connectivity index (χ1n) is 7.54. The number of hydrogen-bond acceptors (Lipinski definition) is 3. The van der Waals surface area contributed by atoms with Gasteiger partial charge in [-0.15, -0.1) is 0 Å². The molecule has 120 valence electrons. The first-order valence-corrected chi connectivity index (χ1v) is 7.92. The summed E-state index contributed by atoms with van der Waals surface area (Å²) in [6.45, 7) is 2.02. The molecule has 0 saturated carbocycles. The predicted molar refractivity (Wildman–Crippen MR) is 95.1 cm³/mol. The molecule has 0 amide bonds. The van der Waals surface area contributed by atoms with Crippen molar-refractivity contribution in [2.75, 3.05) is 7.11 Å². The highest BCUT2D eigenvalue weighted by Gasteiger charge is 2.13.